The molecule has 0 atom stereocenters. The van der Waals surface area contributed by atoms with E-state index in [1.165, 1.54) is 36.2 Å². The van der Waals surface area contributed by atoms with Crippen molar-refractivity contribution in [3.8, 4) is 52.5 Å². The Bertz CT molecular complexity index is 1890. The predicted octanol–water partition coefficient (Wildman–Crippen LogP) is 12.8. The van der Waals surface area contributed by atoms with E-state index in [4.69, 9.17) is 0 Å². The van der Waals surface area contributed by atoms with Gasteiger partial charge in [-0.3, -0.25) is 6.08 Å². The van der Waals surface area contributed by atoms with E-state index < -0.39 is 0 Å². The maximum atomic E-state index is 4.50. The summed E-state index contributed by atoms with van der Waals surface area (Å²) in [6.07, 6.45) is 10.2. The number of aromatic nitrogens is 3. The molecule has 9 heterocycles. The van der Waals surface area contributed by atoms with Crippen molar-refractivity contribution in [1.29, 1.82) is 0 Å². The number of hydrogen-bond acceptors (Lipinski definition) is 9. The summed E-state index contributed by atoms with van der Waals surface area (Å²) in [5.74, 6) is 1.14. The Morgan fingerprint density at radius 2 is 0.939 bits per heavy atom. The van der Waals surface area contributed by atoms with Crippen molar-refractivity contribution in [3.63, 3.8) is 0 Å². The summed E-state index contributed by atoms with van der Waals surface area (Å²) in [7, 11) is 0. The third kappa shape index (κ3) is 9.48. The first-order chi connectivity index (χ1) is 23.8. The molecular weight excluding hydrogens is 895 g/mol. The summed E-state index contributed by atoms with van der Waals surface area (Å²) in [5, 5.41) is 10.3. The van der Waals surface area contributed by atoms with E-state index in [1.807, 2.05) is 53.2 Å². The molecule has 0 fully saturated rings. The van der Waals surface area contributed by atoms with Crippen LogP contribution < -0.4 is 0 Å². The minimum atomic E-state index is 0. The van der Waals surface area contributed by atoms with Crippen LogP contribution in [0, 0.1) is 18.2 Å². The zero-order valence-electron chi connectivity index (χ0n) is 25.7. The minimum absolute atomic E-state index is 0. The SMILES string of the molecule is [C-]1=C(c2ccc(-c3cccs3)cn2)SCC1.[Ir+3].[c-]1ccsc1-c1ccc(-c2cccs2)cn1.[c-]1ccsc1-c1ccc(-c2cccs2)cn1. The van der Waals surface area contributed by atoms with Gasteiger partial charge in [0.15, 0.2) is 0 Å². The third-order valence-corrected chi connectivity index (χ3v) is 12.5. The third-order valence-electron chi connectivity index (χ3n) is 6.98. The summed E-state index contributed by atoms with van der Waals surface area (Å²) in [4.78, 5) is 20.6. The van der Waals surface area contributed by atoms with Crippen LogP contribution in [-0.4, -0.2) is 20.7 Å². The molecule has 1 aliphatic rings. The Hall–Kier alpha value is -3.31. The van der Waals surface area contributed by atoms with Gasteiger partial charge >= 0.3 is 20.1 Å². The van der Waals surface area contributed by atoms with Gasteiger partial charge in [0.25, 0.3) is 0 Å². The van der Waals surface area contributed by atoms with E-state index >= 15 is 0 Å². The number of pyridine rings is 3. The zero-order chi connectivity index (χ0) is 32.4. The van der Waals surface area contributed by atoms with Crippen molar-refractivity contribution in [2.24, 2.45) is 0 Å². The van der Waals surface area contributed by atoms with Gasteiger partial charge in [0, 0.05) is 49.9 Å². The smallest absolute Gasteiger partial charge is 0.349 e. The van der Waals surface area contributed by atoms with E-state index in [1.54, 1.807) is 56.7 Å². The van der Waals surface area contributed by atoms with Gasteiger partial charge in [-0.05, 0) is 51.5 Å². The molecule has 0 aliphatic carbocycles. The van der Waals surface area contributed by atoms with Crippen LogP contribution in [0.3, 0.4) is 0 Å². The summed E-state index contributed by atoms with van der Waals surface area (Å²) in [5.41, 5.74) is 6.60. The second-order valence-electron chi connectivity index (χ2n) is 10.1. The van der Waals surface area contributed by atoms with Crippen LogP contribution >= 0.6 is 68.4 Å². The second-order valence-corrected chi connectivity index (χ2v) is 15.9. The van der Waals surface area contributed by atoms with Gasteiger partial charge in [-0.25, -0.2) is 22.7 Å². The monoisotopic (exact) mass is 921 g/mol. The largest absolute Gasteiger partial charge is 3.00 e. The molecule has 0 radical (unpaired) electrons. The van der Waals surface area contributed by atoms with E-state index in [2.05, 4.69) is 122 Å². The molecule has 0 saturated carbocycles. The molecule has 10 heteroatoms. The Labute approximate surface area is 324 Å². The molecule has 0 N–H and O–H groups in total. The van der Waals surface area contributed by atoms with Gasteiger partial charge in [0.05, 0.1) is 0 Å². The first kappa shape index (κ1) is 35.5. The Morgan fingerprint density at radius 1 is 0.490 bits per heavy atom. The number of thioether (sulfide) groups is 1. The molecule has 1 aliphatic heterocycles. The molecule has 9 rings (SSSR count). The van der Waals surface area contributed by atoms with E-state index in [0.29, 0.717) is 0 Å². The van der Waals surface area contributed by atoms with Crippen LogP contribution in [0.2, 0.25) is 0 Å². The quantitative estimate of drug-likeness (QED) is 0.156. The van der Waals surface area contributed by atoms with E-state index in [-0.39, 0.29) is 20.1 Å². The van der Waals surface area contributed by atoms with Crippen LogP contribution in [0.4, 0.5) is 0 Å². The van der Waals surface area contributed by atoms with E-state index in [9.17, 15) is 0 Å². The van der Waals surface area contributed by atoms with Crippen LogP contribution in [-0.2, 0) is 20.1 Å². The van der Waals surface area contributed by atoms with Crippen molar-refractivity contribution < 1.29 is 20.1 Å². The molecule has 0 bridgehead atoms. The van der Waals surface area contributed by atoms with Crippen molar-refractivity contribution >= 4 is 73.4 Å². The molecule has 3 nitrogen and oxygen atoms in total. The van der Waals surface area contributed by atoms with Crippen LogP contribution in [0.25, 0.3) is 57.4 Å². The fourth-order valence-corrected chi connectivity index (χ4v) is 8.98. The van der Waals surface area contributed by atoms with Crippen molar-refractivity contribution in [2.45, 2.75) is 6.42 Å². The average Bonchev–Trinajstić information content (AvgIpc) is 4.01. The Kier molecular flexibility index (Phi) is 13.1. The standard InChI is InChI=1S/C13H10NS2.2C13H8NS2.Ir/c3*1-3-12(15-7-1)10-5-6-11(14-9-10)13-4-2-8-16-13;/h1,3,5-7,9H,2,8H2;2*1-3,5-9H;/q3*-1;+3. The maximum absolute atomic E-state index is 4.50. The van der Waals surface area contributed by atoms with Gasteiger partial charge in [-0.15, -0.1) is 62.2 Å². The number of nitrogens with zero attached hydrogens (tertiary/aromatic N) is 3. The summed E-state index contributed by atoms with van der Waals surface area (Å²) >= 11 is 10.4. The van der Waals surface area contributed by atoms with Crippen molar-refractivity contribution in [2.75, 3.05) is 5.75 Å². The zero-order valence-corrected chi connectivity index (χ0v) is 33.0. The van der Waals surface area contributed by atoms with Gasteiger partial charge in [-0.2, -0.15) is 36.0 Å². The number of thiophene rings is 5. The molecule has 242 valence electrons. The molecule has 0 saturated heterocycles. The Balaban J connectivity index is 0.000000126. The molecular formula is C39H26IrN3S6. The summed E-state index contributed by atoms with van der Waals surface area (Å²) < 4.78 is 0. The van der Waals surface area contributed by atoms with Crippen LogP contribution in [0.15, 0.2) is 130 Å². The predicted molar refractivity (Wildman–Crippen MR) is 211 cm³/mol. The second kappa shape index (κ2) is 18.1. The first-order valence-electron chi connectivity index (χ1n) is 14.9. The summed E-state index contributed by atoms with van der Waals surface area (Å²) in [6.45, 7) is 0. The van der Waals surface area contributed by atoms with Crippen LogP contribution in [0.1, 0.15) is 12.1 Å². The topological polar surface area (TPSA) is 38.7 Å². The molecule has 0 spiro atoms. The number of rotatable bonds is 6. The van der Waals surface area contributed by atoms with Crippen LogP contribution in [0.5, 0.6) is 0 Å². The van der Waals surface area contributed by atoms with Gasteiger partial charge < -0.3 is 15.0 Å². The normalized spacial score (nSPS) is 11.8. The summed E-state index contributed by atoms with van der Waals surface area (Å²) in [6, 6.07) is 35.3. The van der Waals surface area contributed by atoms with Gasteiger partial charge in [0.2, 0.25) is 0 Å². The molecule has 0 aromatic carbocycles. The number of hydrogen-bond donors (Lipinski definition) is 0. The molecule has 8 aromatic heterocycles. The molecule has 8 aromatic rings. The molecule has 0 amide bonds. The molecule has 49 heavy (non-hydrogen) atoms. The minimum Gasteiger partial charge on any atom is -0.349 e. The van der Waals surface area contributed by atoms with Gasteiger partial charge in [0.1, 0.15) is 0 Å². The fourth-order valence-electron chi connectivity index (χ4n) is 4.64. The average molecular weight is 921 g/mol. The number of allylic oxidation sites excluding steroid dienone is 1. The maximum Gasteiger partial charge on any atom is 3.00 e. The van der Waals surface area contributed by atoms with Crippen molar-refractivity contribution in [1.82, 2.24) is 15.0 Å². The fraction of sp³-hybridized carbons (Fsp3) is 0.0513. The van der Waals surface area contributed by atoms with E-state index in [0.717, 1.165) is 39.0 Å². The first-order valence-corrected chi connectivity index (χ1v) is 20.3. The van der Waals surface area contributed by atoms with Gasteiger partial charge in [-0.1, -0.05) is 64.0 Å². The Morgan fingerprint density at radius 3 is 1.24 bits per heavy atom. The molecule has 0 unspecified atom stereocenters. The van der Waals surface area contributed by atoms with Crippen molar-refractivity contribution in [3.05, 3.63) is 154 Å².